The number of hydrogen-bond acceptors (Lipinski definition) is 1. The normalized spacial score (nSPS) is 12.3. The third-order valence-corrected chi connectivity index (χ3v) is 3.95. The van der Waals surface area contributed by atoms with E-state index in [4.69, 9.17) is 16.3 Å². The molecule has 19 heavy (non-hydrogen) atoms. The van der Waals surface area contributed by atoms with Crippen molar-refractivity contribution < 1.29 is 9.13 Å². The maximum Gasteiger partial charge on any atom is 0.131 e. The van der Waals surface area contributed by atoms with Gasteiger partial charge in [-0.3, -0.25) is 0 Å². The smallest absolute Gasteiger partial charge is 0.131 e. The summed E-state index contributed by atoms with van der Waals surface area (Å²) in [7, 11) is 1.51. The summed E-state index contributed by atoms with van der Waals surface area (Å²) in [6, 6.07) is 10.5. The number of rotatable bonds is 3. The molecule has 2 aromatic rings. The molecule has 1 unspecified atom stereocenters. The highest BCUT2D eigenvalue weighted by atomic mass is 79.9. The van der Waals surface area contributed by atoms with E-state index < -0.39 is 5.38 Å². The van der Waals surface area contributed by atoms with Crippen molar-refractivity contribution in [3.8, 4) is 5.75 Å². The van der Waals surface area contributed by atoms with Gasteiger partial charge < -0.3 is 4.74 Å². The second kappa shape index (κ2) is 5.93. The number of alkyl halides is 1. The maximum atomic E-state index is 14.0. The molecular formula is C15H13BrClFO. The molecule has 0 aliphatic carbocycles. The number of halogens is 3. The highest BCUT2D eigenvalue weighted by Gasteiger charge is 2.17. The predicted molar refractivity (Wildman–Crippen MR) is 79.5 cm³/mol. The lowest BCUT2D eigenvalue weighted by atomic mass is 9.99. The molecule has 0 spiro atoms. The predicted octanol–water partition coefficient (Wildman–Crippen LogP) is 5.23. The van der Waals surface area contributed by atoms with Crippen molar-refractivity contribution in [1.29, 1.82) is 0 Å². The van der Waals surface area contributed by atoms with Gasteiger partial charge in [-0.15, -0.1) is 11.6 Å². The fourth-order valence-corrected chi connectivity index (χ4v) is 2.83. The van der Waals surface area contributed by atoms with E-state index in [2.05, 4.69) is 15.9 Å². The van der Waals surface area contributed by atoms with Crippen LogP contribution in [0.4, 0.5) is 4.39 Å². The van der Waals surface area contributed by atoms with Crippen molar-refractivity contribution in [2.24, 2.45) is 0 Å². The van der Waals surface area contributed by atoms with Crippen LogP contribution in [-0.4, -0.2) is 7.11 Å². The molecule has 4 heteroatoms. The molecule has 0 N–H and O–H groups in total. The Morgan fingerprint density at radius 3 is 2.42 bits per heavy atom. The van der Waals surface area contributed by atoms with Crippen LogP contribution in [-0.2, 0) is 0 Å². The number of methoxy groups -OCH3 is 1. The van der Waals surface area contributed by atoms with Gasteiger partial charge >= 0.3 is 0 Å². The van der Waals surface area contributed by atoms with Gasteiger partial charge in [0.1, 0.15) is 11.6 Å². The molecule has 0 saturated carbocycles. The SMILES string of the molecule is COc1ccc(C(Cl)c2ccc(Br)cc2C)c(F)c1. The topological polar surface area (TPSA) is 9.23 Å². The first-order chi connectivity index (χ1) is 9.02. The maximum absolute atomic E-state index is 14.0. The fraction of sp³-hybridized carbons (Fsp3) is 0.200. The van der Waals surface area contributed by atoms with Crippen LogP contribution in [0.3, 0.4) is 0 Å². The highest BCUT2D eigenvalue weighted by molar-refractivity contribution is 9.10. The summed E-state index contributed by atoms with van der Waals surface area (Å²) in [5, 5.41) is -0.515. The molecule has 0 bridgehead atoms. The number of aryl methyl sites for hydroxylation is 1. The van der Waals surface area contributed by atoms with Crippen LogP contribution in [0.2, 0.25) is 0 Å². The lowest BCUT2D eigenvalue weighted by molar-refractivity contribution is 0.410. The Morgan fingerprint density at radius 1 is 1.16 bits per heavy atom. The van der Waals surface area contributed by atoms with E-state index in [0.29, 0.717) is 11.3 Å². The Morgan fingerprint density at radius 2 is 1.84 bits per heavy atom. The first kappa shape index (κ1) is 14.4. The highest BCUT2D eigenvalue weighted by Crippen LogP contribution is 2.34. The molecule has 0 amide bonds. The largest absolute Gasteiger partial charge is 0.497 e. The van der Waals surface area contributed by atoms with E-state index in [1.165, 1.54) is 13.2 Å². The molecule has 0 heterocycles. The lowest BCUT2D eigenvalue weighted by Gasteiger charge is -2.15. The van der Waals surface area contributed by atoms with Crippen molar-refractivity contribution in [1.82, 2.24) is 0 Å². The molecule has 2 aromatic carbocycles. The molecule has 0 aliphatic rings. The Labute approximate surface area is 125 Å². The monoisotopic (exact) mass is 342 g/mol. The Hall–Kier alpha value is -1.06. The standard InChI is InChI=1S/C15H13BrClFO/c1-9-7-10(16)3-5-12(9)15(17)13-6-4-11(19-2)8-14(13)18/h3-8,15H,1-2H3. The van der Waals surface area contributed by atoms with E-state index in [0.717, 1.165) is 15.6 Å². The summed E-state index contributed by atoms with van der Waals surface area (Å²) in [6.07, 6.45) is 0. The van der Waals surface area contributed by atoms with Gasteiger partial charge in [0.25, 0.3) is 0 Å². The fourth-order valence-electron chi connectivity index (χ4n) is 1.93. The minimum Gasteiger partial charge on any atom is -0.497 e. The van der Waals surface area contributed by atoms with Gasteiger partial charge in [0.05, 0.1) is 12.5 Å². The van der Waals surface area contributed by atoms with Crippen molar-refractivity contribution >= 4 is 27.5 Å². The van der Waals surface area contributed by atoms with Crippen LogP contribution in [0.1, 0.15) is 22.1 Å². The number of hydrogen-bond donors (Lipinski definition) is 0. The zero-order valence-corrected chi connectivity index (χ0v) is 12.9. The zero-order valence-electron chi connectivity index (χ0n) is 10.6. The van der Waals surface area contributed by atoms with Gasteiger partial charge in [-0.25, -0.2) is 4.39 Å². The summed E-state index contributed by atoms with van der Waals surface area (Å²) in [5.74, 6) is 0.124. The van der Waals surface area contributed by atoms with Crippen molar-refractivity contribution in [2.45, 2.75) is 12.3 Å². The van der Waals surface area contributed by atoms with Gasteiger partial charge in [0.2, 0.25) is 0 Å². The minimum atomic E-state index is -0.515. The Kier molecular flexibility index (Phi) is 4.48. The van der Waals surface area contributed by atoms with Gasteiger partial charge in [0, 0.05) is 16.1 Å². The third-order valence-electron chi connectivity index (χ3n) is 2.99. The van der Waals surface area contributed by atoms with Crippen molar-refractivity contribution in [3.05, 3.63) is 63.4 Å². The molecule has 0 aliphatic heterocycles. The number of ether oxygens (including phenoxy) is 1. The molecular weight excluding hydrogens is 331 g/mol. The molecule has 1 nitrogen and oxygen atoms in total. The molecule has 0 fully saturated rings. The summed E-state index contributed by atoms with van der Waals surface area (Å²) in [5.41, 5.74) is 2.37. The summed E-state index contributed by atoms with van der Waals surface area (Å²) in [6.45, 7) is 1.96. The van der Waals surface area contributed by atoms with Crippen LogP contribution in [0.15, 0.2) is 40.9 Å². The number of benzene rings is 2. The molecule has 0 radical (unpaired) electrons. The molecule has 100 valence electrons. The lowest BCUT2D eigenvalue weighted by Crippen LogP contribution is -2.00. The van der Waals surface area contributed by atoms with E-state index in [9.17, 15) is 4.39 Å². The van der Waals surface area contributed by atoms with E-state index in [1.54, 1.807) is 12.1 Å². The summed E-state index contributed by atoms with van der Waals surface area (Å²) in [4.78, 5) is 0. The average Bonchev–Trinajstić information content (AvgIpc) is 2.37. The van der Waals surface area contributed by atoms with Crippen molar-refractivity contribution in [3.63, 3.8) is 0 Å². The van der Waals surface area contributed by atoms with E-state index in [1.807, 2.05) is 25.1 Å². The molecule has 1 atom stereocenters. The van der Waals surface area contributed by atoms with E-state index in [-0.39, 0.29) is 5.82 Å². The Bertz CT molecular complexity index is 601. The average molecular weight is 344 g/mol. The van der Waals surface area contributed by atoms with E-state index >= 15 is 0 Å². The molecule has 0 saturated heterocycles. The third kappa shape index (κ3) is 3.10. The van der Waals surface area contributed by atoms with Crippen LogP contribution >= 0.6 is 27.5 Å². The van der Waals surface area contributed by atoms with Crippen LogP contribution in [0, 0.1) is 12.7 Å². The van der Waals surface area contributed by atoms with Gasteiger partial charge in [-0.05, 0) is 36.2 Å². The molecule has 2 rings (SSSR count). The van der Waals surface area contributed by atoms with Crippen LogP contribution in [0.25, 0.3) is 0 Å². The van der Waals surface area contributed by atoms with Gasteiger partial charge in [-0.2, -0.15) is 0 Å². The first-order valence-corrected chi connectivity index (χ1v) is 6.99. The Balaban J connectivity index is 2.41. The first-order valence-electron chi connectivity index (χ1n) is 5.76. The van der Waals surface area contributed by atoms with Crippen LogP contribution < -0.4 is 4.74 Å². The second-order valence-electron chi connectivity index (χ2n) is 4.25. The summed E-state index contributed by atoms with van der Waals surface area (Å²) < 4.78 is 20.0. The van der Waals surface area contributed by atoms with Gasteiger partial charge in [0.15, 0.2) is 0 Å². The van der Waals surface area contributed by atoms with Crippen molar-refractivity contribution in [2.75, 3.05) is 7.11 Å². The van der Waals surface area contributed by atoms with Crippen LogP contribution in [0.5, 0.6) is 5.75 Å². The minimum absolute atomic E-state index is 0.360. The second-order valence-corrected chi connectivity index (χ2v) is 5.60. The van der Waals surface area contributed by atoms with Gasteiger partial charge in [-0.1, -0.05) is 28.1 Å². The molecule has 0 aromatic heterocycles. The zero-order chi connectivity index (χ0) is 14.0. The quantitative estimate of drug-likeness (QED) is 0.693. The summed E-state index contributed by atoms with van der Waals surface area (Å²) >= 11 is 9.80.